The van der Waals surface area contributed by atoms with E-state index in [1.54, 1.807) is 24.3 Å². The molecule has 0 amide bonds. The molecule has 0 fully saturated rings. The minimum Gasteiger partial charge on any atom is -0.478 e. The molecule has 0 radical (unpaired) electrons. The Bertz CT molecular complexity index is 1690. The third kappa shape index (κ3) is 7.15. The number of aromatic carboxylic acids is 2. The molecule has 0 aliphatic heterocycles. The van der Waals surface area contributed by atoms with Gasteiger partial charge in [0.2, 0.25) is 0 Å². The summed E-state index contributed by atoms with van der Waals surface area (Å²) in [5.74, 6) is -4.60. The molecule has 0 saturated carbocycles. The van der Waals surface area contributed by atoms with Gasteiger partial charge in [0.1, 0.15) is 13.2 Å². The first-order chi connectivity index (χ1) is 20.0. The number of carbonyl (C=O) groups excluding carboxylic acids is 2. The lowest BCUT2D eigenvalue weighted by molar-refractivity contribution is 0.0457. The molecule has 214 valence electrons. The van der Waals surface area contributed by atoms with Crippen LogP contribution in [0.1, 0.15) is 63.7 Å². The summed E-state index contributed by atoms with van der Waals surface area (Å²) in [7, 11) is -2.04. The van der Waals surface area contributed by atoms with Gasteiger partial charge in [0.25, 0.3) is 0 Å². The van der Waals surface area contributed by atoms with Gasteiger partial charge in [0, 0.05) is 9.79 Å². The van der Waals surface area contributed by atoms with Crippen LogP contribution in [0, 0.1) is 13.8 Å². The number of ether oxygens (including phenoxy) is 2. The average molecular weight is 587 g/mol. The highest BCUT2D eigenvalue weighted by Gasteiger charge is 2.23. The van der Waals surface area contributed by atoms with E-state index in [2.05, 4.69) is 0 Å². The van der Waals surface area contributed by atoms with E-state index < -0.39 is 40.2 Å². The molecule has 42 heavy (non-hydrogen) atoms. The lowest BCUT2D eigenvalue weighted by Crippen LogP contribution is -2.14. The van der Waals surface area contributed by atoms with Gasteiger partial charge in [-0.05, 0) is 61.4 Å². The molecule has 0 heterocycles. The van der Waals surface area contributed by atoms with E-state index in [1.165, 1.54) is 18.2 Å². The summed E-state index contributed by atoms with van der Waals surface area (Å²) in [6.07, 6.45) is 0. The van der Waals surface area contributed by atoms with Crippen molar-refractivity contribution in [1.29, 1.82) is 0 Å². The Morgan fingerprint density at radius 2 is 0.976 bits per heavy atom. The molecule has 10 heteroatoms. The lowest BCUT2D eigenvalue weighted by atomic mass is 10.1. The highest BCUT2D eigenvalue weighted by molar-refractivity contribution is 7.85. The Balaban J connectivity index is 1.57. The molecule has 4 aromatic rings. The summed E-state index contributed by atoms with van der Waals surface area (Å²) in [5, 5.41) is 19.3. The molecule has 0 saturated heterocycles. The van der Waals surface area contributed by atoms with Crippen LogP contribution >= 0.6 is 0 Å². The van der Waals surface area contributed by atoms with Gasteiger partial charge in [-0.25, -0.2) is 23.4 Å². The van der Waals surface area contributed by atoms with Crippen molar-refractivity contribution in [2.75, 3.05) is 0 Å². The van der Waals surface area contributed by atoms with Crippen molar-refractivity contribution in [2.45, 2.75) is 36.9 Å². The number of carboxylic acid groups (broad SMARTS) is 2. The first-order valence-corrected chi connectivity index (χ1v) is 13.8. The SMILES string of the molecule is Cc1ccc(COC(=O)c2ccc(S(=O)c3ccc(C(=O)O)c(C(=O)OCc4ccc(C)cc4)c3)cc2C(=O)O)cc1. The summed E-state index contributed by atoms with van der Waals surface area (Å²) < 4.78 is 24.0. The van der Waals surface area contributed by atoms with Gasteiger partial charge in [0.05, 0.1) is 33.1 Å². The maximum absolute atomic E-state index is 13.4. The van der Waals surface area contributed by atoms with Crippen molar-refractivity contribution >= 4 is 34.7 Å². The molecule has 0 bridgehead atoms. The van der Waals surface area contributed by atoms with Crippen LogP contribution in [0.4, 0.5) is 0 Å². The fraction of sp³-hybridized carbons (Fsp3) is 0.125. The summed E-state index contributed by atoms with van der Waals surface area (Å²) >= 11 is 0. The van der Waals surface area contributed by atoms with Crippen molar-refractivity contribution in [2.24, 2.45) is 0 Å². The van der Waals surface area contributed by atoms with E-state index in [0.29, 0.717) is 5.56 Å². The van der Waals surface area contributed by atoms with Gasteiger partial charge in [-0.2, -0.15) is 0 Å². The normalized spacial score (nSPS) is 11.4. The fourth-order valence-electron chi connectivity index (χ4n) is 3.95. The second-order valence-electron chi connectivity index (χ2n) is 9.42. The molecule has 4 rings (SSSR count). The largest absolute Gasteiger partial charge is 0.478 e. The summed E-state index contributed by atoms with van der Waals surface area (Å²) in [5.41, 5.74) is 2.17. The molecule has 0 aliphatic carbocycles. The van der Waals surface area contributed by atoms with E-state index in [0.717, 1.165) is 34.9 Å². The molecule has 0 spiro atoms. The Hall–Kier alpha value is -5.09. The highest BCUT2D eigenvalue weighted by Crippen LogP contribution is 2.24. The number of rotatable bonds is 10. The number of esters is 2. The fourth-order valence-corrected chi connectivity index (χ4v) is 5.05. The maximum atomic E-state index is 13.4. The monoisotopic (exact) mass is 586 g/mol. The number of hydrogen-bond donors (Lipinski definition) is 2. The number of aryl methyl sites for hydroxylation is 2. The van der Waals surface area contributed by atoms with Crippen molar-refractivity contribution < 1.29 is 43.1 Å². The minimum atomic E-state index is -2.04. The minimum absolute atomic E-state index is 0.0181. The Morgan fingerprint density at radius 1 is 0.571 bits per heavy atom. The summed E-state index contributed by atoms with van der Waals surface area (Å²) in [6, 6.07) is 21.7. The van der Waals surface area contributed by atoms with Gasteiger partial charge >= 0.3 is 23.9 Å². The van der Waals surface area contributed by atoms with Gasteiger partial charge < -0.3 is 19.7 Å². The smallest absolute Gasteiger partial charge is 0.339 e. The Morgan fingerprint density at radius 3 is 1.43 bits per heavy atom. The third-order valence-electron chi connectivity index (χ3n) is 6.29. The van der Waals surface area contributed by atoms with E-state index in [1.807, 2.05) is 38.1 Å². The second kappa shape index (κ2) is 13.0. The topological polar surface area (TPSA) is 144 Å². The van der Waals surface area contributed by atoms with Crippen LogP contribution in [0.5, 0.6) is 0 Å². The van der Waals surface area contributed by atoms with Crippen LogP contribution in [-0.2, 0) is 33.5 Å². The zero-order chi connectivity index (χ0) is 30.4. The molecule has 1 unspecified atom stereocenters. The van der Waals surface area contributed by atoms with Crippen LogP contribution < -0.4 is 0 Å². The van der Waals surface area contributed by atoms with Gasteiger partial charge in [-0.15, -0.1) is 0 Å². The second-order valence-corrected chi connectivity index (χ2v) is 10.9. The van der Waals surface area contributed by atoms with E-state index in [9.17, 15) is 33.6 Å². The first kappa shape index (κ1) is 29.9. The summed E-state index contributed by atoms with van der Waals surface area (Å²) in [4.78, 5) is 49.4. The molecule has 4 aromatic carbocycles. The van der Waals surface area contributed by atoms with Crippen molar-refractivity contribution in [3.05, 3.63) is 129 Å². The highest BCUT2D eigenvalue weighted by atomic mass is 32.2. The predicted octanol–water partition coefficient (Wildman–Crippen LogP) is 5.58. The third-order valence-corrected chi connectivity index (χ3v) is 7.66. The standard InChI is InChI=1S/C32H26O9S/c1-19-3-7-21(8-4-19)17-40-31(37)26-14-12-23(15-27(26)30(35)36)42(39)24-11-13-25(29(33)34)28(16-24)32(38)41-18-22-9-5-20(2)6-10-22/h3-16H,17-18H2,1-2H3,(H,33,34)(H,35,36). The quantitative estimate of drug-likeness (QED) is 0.228. The van der Waals surface area contributed by atoms with Crippen molar-refractivity contribution in [1.82, 2.24) is 0 Å². The van der Waals surface area contributed by atoms with Gasteiger partial charge in [-0.1, -0.05) is 59.7 Å². The number of hydrogen-bond acceptors (Lipinski definition) is 7. The summed E-state index contributed by atoms with van der Waals surface area (Å²) in [6.45, 7) is 3.66. The number of carboxylic acids is 2. The van der Waals surface area contributed by atoms with Crippen LogP contribution in [0.2, 0.25) is 0 Å². The van der Waals surface area contributed by atoms with Crippen LogP contribution in [0.15, 0.2) is 94.7 Å². The molecule has 0 aliphatic rings. The maximum Gasteiger partial charge on any atom is 0.339 e. The van der Waals surface area contributed by atoms with Crippen molar-refractivity contribution in [3.63, 3.8) is 0 Å². The van der Waals surface area contributed by atoms with Crippen LogP contribution in [0.25, 0.3) is 0 Å². The van der Waals surface area contributed by atoms with E-state index in [-0.39, 0.29) is 39.7 Å². The number of benzene rings is 4. The average Bonchev–Trinajstić information content (AvgIpc) is 2.99. The van der Waals surface area contributed by atoms with Gasteiger partial charge in [-0.3, -0.25) is 0 Å². The zero-order valence-electron chi connectivity index (χ0n) is 22.7. The predicted molar refractivity (Wildman–Crippen MR) is 152 cm³/mol. The molecule has 1 atom stereocenters. The molecular weight excluding hydrogens is 560 g/mol. The Labute approximate surface area is 243 Å². The van der Waals surface area contributed by atoms with Gasteiger partial charge in [0.15, 0.2) is 0 Å². The molecule has 9 nitrogen and oxygen atoms in total. The Kier molecular flexibility index (Phi) is 9.28. The van der Waals surface area contributed by atoms with Crippen molar-refractivity contribution in [3.8, 4) is 0 Å². The van der Waals surface area contributed by atoms with E-state index >= 15 is 0 Å². The zero-order valence-corrected chi connectivity index (χ0v) is 23.5. The lowest BCUT2D eigenvalue weighted by Gasteiger charge is -2.12. The molecule has 2 N–H and O–H groups in total. The van der Waals surface area contributed by atoms with Crippen LogP contribution in [-0.4, -0.2) is 38.3 Å². The van der Waals surface area contributed by atoms with Crippen LogP contribution in [0.3, 0.4) is 0 Å². The number of carbonyl (C=O) groups is 4. The van der Waals surface area contributed by atoms with E-state index in [4.69, 9.17) is 9.47 Å². The molecule has 0 aromatic heterocycles. The molecular formula is C32H26O9S. The first-order valence-electron chi connectivity index (χ1n) is 12.7.